The van der Waals surface area contributed by atoms with Gasteiger partial charge in [-0.2, -0.15) is 5.10 Å². The third-order valence-corrected chi connectivity index (χ3v) is 7.23. The number of nitrogens with zero attached hydrogens (tertiary/aromatic N) is 5. The van der Waals surface area contributed by atoms with Crippen LogP contribution in [0, 0.1) is 20.8 Å². The molecule has 0 unspecified atom stereocenters. The van der Waals surface area contributed by atoms with Gasteiger partial charge in [-0.15, -0.1) is 0 Å². The van der Waals surface area contributed by atoms with Gasteiger partial charge in [0.1, 0.15) is 5.69 Å². The SMILES string of the molecule is CCC(CC)c1cc(C)nn2c(-c3sc(N(CC)SC)nc3C)c(C)nc12. The molecule has 0 aliphatic heterocycles. The average molecular weight is 404 g/mol. The van der Waals surface area contributed by atoms with Crippen molar-refractivity contribution < 1.29 is 0 Å². The molecule has 146 valence electrons. The smallest absolute Gasteiger partial charge is 0.196 e. The van der Waals surface area contributed by atoms with E-state index in [0.717, 1.165) is 57.8 Å². The quantitative estimate of drug-likeness (QED) is 0.468. The molecule has 0 saturated heterocycles. The standard InChI is InChI=1S/C20H29N5S2/c1-8-15(9-2)16-11-12(4)23-25-17(13(5)21-19(16)25)18-14(6)22-20(27-18)24(10-3)26-7/h11,15H,8-10H2,1-7H3. The molecule has 3 rings (SSSR count). The maximum absolute atomic E-state index is 4.94. The van der Waals surface area contributed by atoms with Gasteiger partial charge in [-0.05, 0) is 52.5 Å². The van der Waals surface area contributed by atoms with E-state index in [1.807, 2.05) is 0 Å². The maximum Gasteiger partial charge on any atom is 0.196 e. The number of rotatable bonds is 7. The Kier molecular flexibility index (Phi) is 6.11. The topological polar surface area (TPSA) is 46.3 Å². The van der Waals surface area contributed by atoms with Crippen LogP contribution in [-0.2, 0) is 0 Å². The fourth-order valence-electron chi connectivity index (χ4n) is 3.62. The number of thiazole rings is 1. The van der Waals surface area contributed by atoms with Gasteiger partial charge >= 0.3 is 0 Å². The molecule has 0 fully saturated rings. The Hall–Kier alpha value is -1.60. The summed E-state index contributed by atoms with van der Waals surface area (Å²) in [6.45, 7) is 13.8. The lowest BCUT2D eigenvalue weighted by molar-refractivity contribution is 0.638. The molecule has 3 aromatic heterocycles. The molecular weight excluding hydrogens is 374 g/mol. The van der Waals surface area contributed by atoms with Crippen LogP contribution in [0.5, 0.6) is 0 Å². The van der Waals surface area contributed by atoms with E-state index in [0.29, 0.717) is 5.92 Å². The first-order valence-corrected chi connectivity index (χ1v) is 11.6. The van der Waals surface area contributed by atoms with Crippen molar-refractivity contribution in [2.24, 2.45) is 0 Å². The third-order valence-electron chi connectivity index (χ3n) is 5.06. The molecule has 7 heteroatoms. The van der Waals surface area contributed by atoms with Crippen LogP contribution in [0.2, 0.25) is 0 Å². The molecule has 0 aliphatic carbocycles. The Labute approximate surface area is 170 Å². The summed E-state index contributed by atoms with van der Waals surface area (Å²) in [5, 5.41) is 5.88. The second-order valence-electron chi connectivity index (χ2n) is 6.82. The predicted molar refractivity (Wildman–Crippen MR) is 118 cm³/mol. The Bertz CT molecular complexity index is 936. The van der Waals surface area contributed by atoms with Crippen molar-refractivity contribution in [1.29, 1.82) is 0 Å². The molecule has 5 nitrogen and oxygen atoms in total. The van der Waals surface area contributed by atoms with E-state index in [-0.39, 0.29) is 0 Å². The monoisotopic (exact) mass is 403 g/mol. The van der Waals surface area contributed by atoms with Crippen LogP contribution in [0.25, 0.3) is 16.2 Å². The third kappa shape index (κ3) is 3.59. The van der Waals surface area contributed by atoms with Gasteiger partial charge in [0.2, 0.25) is 0 Å². The summed E-state index contributed by atoms with van der Waals surface area (Å²) >= 11 is 3.44. The van der Waals surface area contributed by atoms with Crippen LogP contribution >= 0.6 is 23.3 Å². The summed E-state index contributed by atoms with van der Waals surface area (Å²) in [4.78, 5) is 10.9. The average Bonchev–Trinajstić information content (AvgIpc) is 3.16. The molecule has 3 aromatic rings. The number of hydrogen-bond acceptors (Lipinski definition) is 6. The number of hydrogen-bond donors (Lipinski definition) is 0. The molecule has 0 aromatic carbocycles. The number of imidazole rings is 1. The minimum atomic E-state index is 0.508. The molecule has 0 amide bonds. The highest BCUT2D eigenvalue weighted by Crippen LogP contribution is 2.39. The van der Waals surface area contributed by atoms with Gasteiger partial charge < -0.3 is 0 Å². The van der Waals surface area contributed by atoms with Gasteiger partial charge in [-0.25, -0.2) is 14.5 Å². The summed E-state index contributed by atoms with van der Waals surface area (Å²) in [6, 6.07) is 2.21. The van der Waals surface area contributed by atoms with Gasteiger partial charge in [0.25, 0.3) is 0 Å². The largest absolute Gasteiger partial charge is 0.292 e. The summed E-state index contributed by atoms with van der Waals surface area (Å²) in [5.74, 6) is 0.508. The zero-order chi connectivity index (χ0) is 19.7. The Morgan fingerprint density at radius 1 is 1.11 bits per heavy atom. The lowest BCUT2D eigenvalue weighted by Crippen LogP contribution is -2.11. The first-order chi connectivity index (χ1) is 12.9. The van der Waals surface area contributed by atoms with Gasteiger partial charge in [-0.3, -0.25) is 4.31 Å². The summed E-state index contributed by atoms with van der Waals surface area (Å²) in [5.41, 5.74) is 6.48. The van der Waals surface area contributed by atoms with E-state index < -0.39 is 0 Å². The van der Waals surface area contributed by atoms with Gasteiger partial charge in [0, 0.05) is 18.4 Å². The minimum Gasteiger partial charge on any atom is -0.292 e. The van der Waals surface area contributed by atoms with Crippen LogP contribution in [0.3, 0.4) is 0 Å². The Balaban J connectivity index is 2.23. The van der Waals surface area contributed by atoms with Crippen LogP contribution in [0.15, 0.2) is 6.07 Å². The van der Waals surface area contributed by atoms with E-state index in [9.17, 15) is 0 Å². The number of aryl methyl sites for hydroxylation is 3. The molecule has 0 bridgehead atoms. The predicted octanol–water partition coefficient (Wildman–Crippen LogP) is 5.79. The van der Waals surface area contributed by atoms with E-state index in [1.165, 1.54) is 5.56 Å². The van der Waals surface area contributed by atoms with Crippen LogP contribution in [-0.4, -0.2) is 32.4 Å². The van der Waals surface area contributed by atoms with Crippen LogP contribution in [0.1, 0.15) is 62.2 Å². The van der Waals surface area contributed by atoms with Crippen molar-refractivity contribution in [3.63, 3.8) is 0 Å². The fourth-order valence-corrected chi connectivity index (χ4v) is 5.53. The van der Waals surface area contributed by atoms with Crippen molar-refractivity contribution in [3.05, 3.63) is 28.7 Å². The highest BCUT2D eigenvalue weighted by atomic mass is 32.2. The van der Waals surface area contributed by atoms with E-state index >= 15 is 0 Å². The second-order valence-corrected chi connectivity index (χ2v) is 8.61. The van der Waals surface area contributed by atoms with Crippen molar-refractivity contribution in [1.82, 2.24) is 19.6 Å². The zero-order valence-electron chi connectivity index (χ0n) is 17.3. The molecule has 27 heavy (non-hydrogen) atoms. The van der Waals surface area contributed by atoms with E-state index in [4.69, 9.17) is 15.1 Å². The molecule has 0 radical (unpaired) electrons. The molecule has 0 atom stereocenters. The van der Waals surface area contributed by atoms with Crippen molar-refractivity contribution in [3.8, 4) is 10.6 Å². The normalized spacial score (nSPS) is 11.7. The van der Waals surface area contributed by atoms with E-state index in [2.05, 4.69) is 62.7 Å². The molecule has 0 aliphatic rings. The molecule has 0 saturated carbocycles. The summed E-state index contributed by atoms with van der Waals surface area (Å²) in [6.07, 6.45) is 4.31. The number of anilines is 1. The highest BCUT2D eigenvalue weighted by Gasteiger charge is 2.23. The van der Waals surface area contributed by atoms with Gasteiger partial charge in [-0.1, -0.05) is 37.1 Å². The Morgan fingerprint density at radius 2 is 1.81 bits per heavy atom. The summed E-state index contributed by atoms with van der Waals surface area (Å²) < 4.78 is 4.27. The fraction of sp³-hybridized carbons (Fsp3) is 0.550. The minimum absolute atomic E-state index is 0.508. The first-order valence-electron chi connectivity index (χ1n) is 9.61. The second kappa shape index (κ2) is 8.19. The molecule has 0 N–H and O–H groups in total. The van der Waals surface area contributed by atoms with Crippen molar-refractivity contribution in [2.75, 3.05) is 17.1 Å². The lowest BCUT2D eigenvalue weighted by Gasteiger charge is -2.15. The number of fused-ring (bicyclic) bond motifs is 1. The molecular formula is C20H29N5S2. The number of aromatic nitrogens is 4. The Morgan fingerprint density at radius 3 is 2.41 bits per heavy atom. The van der Waals surface area contributed by atoms with Crippen molar-refractivity contribution >= 4 is 34.1 Å². The summed E-state index contributed by atoms with van der Waals surface area (Å²) in [7, 11) is 0. The zero-order valence-corrected chi connectivity index (χ0v) is 19.0. The van der Waals surface area contributed by atoms with Crippen LogP contribution < -0.4 is 4.31 Å². The van der Waals surface area contributed by atoms with Gasteiger partial charge in [0.05, 0.1) is 22.0 Å². The maximum atomic E-state index is 4.94. The van der Waals surface area contributed by atoms with Crippen LogP contribution in [0.4, 0.5) is 5.13 Å². The highest BCUT2D eigenvalue weighted by molar-refractivity contribution is 8.00. The lowest BCUT2D eigenvalue weighted by atomic mass is 9.95. The van der Waals surface area contributed by atoms with E-state index in [1.54, 1.807) is 23.3 Å². The van der Waals surface area contributed by atoms with Gasteiger partial charge in [0.15, 0.2) is 10.8 Å². The first kappa shape index (κ1) is 20.1. The molecule has 3 heterocycles. The van der Waals surface area contributed by atoms with Crippen molar-refractivity contribution in [2.45, 2.75) is 60.3 Å². The molecule has 0 spiro atoms.